The highest BCUT2D eigenvalue weighted by Crippen LogP contribution is 2.38. The largest absolute Gasteiger partial charge is 0.486 e. The minimum absolute atomic E-state index is 0.0501. The van der Waals surface area contributed by atoms with Gasteiger partial charge in [0.15, 0.2) is 11.5 Å². The number of rotatable bonds is 4. The van der Waals surface area contributed by atoms with Crippen LogP contribution in [0.1, 0.15) is 19.8 Å². The molecule has 26 heavy (non-hydrogen) atoms. The summed E-state index contributed by atoms with van der Waals surface area (Å²) in [5, 5.41) is 0.628. The van der Waals surface area contributed by atoms with Gasteiger partial charge in [-0.25, -0.2) is 0 Å². The van der Waals surface area contributed by atoms with Crippen LogP contribution in [-0.2, 0) is 0 Å². The maximum absolute atomic E-state index is 6.24. The van der Waals surface area contributed by atoms with Crippen molar-refractivity contribution in [3.8, 4) is 11.5 Å². The molecule has 1 aromatic rings. The molecule has 0 saturated carbocycles. The number of benzene rings is 1. The fourth-order valence-corrected chi connectivity index (χ4v) is 4.20. The quantitative estimate of drug-likeness (QED) is 0.796. The van der Waals surface area contributed by atoms with Crippen molar-refractivity contribution in [2.45, 2.75) is 31.9 Å². The Morgan fingerprint density at radius 3 is 2.81 bits per heavy atom. The first-order valence-electron chi connectivity index (χ1n) is 9.60. The average molecular weight is 375 g/mol. The molecule has 140 valence electrons. The number of piperidine rings is 1. The third kappa shape index (κ3) is 4.02. The van der Waals surface area contributed by atoms with Crippen LogP contribution in [0.4, 0.5) is 0 Å². The summed E-state index contributed by atoms with van der Waals surface area (Å²) in [6.45, 7) is 7.17. The lowest BCUT2D eigenvalue weighted by atomic mass is 9.95. The van der Waals surface area contributed by atoms with Crippen molar-refractivity contribution >= 4 is 11.6 Å². The zero-order valence-corrected chi connectivity index (χ0v) is 16.1. The van der Waals surface area contributed by atoms with E-state index in [0.717, 1.165) is 37.8 Å². The summed E-state index contributed by atoms with van der Waals surface area (Å²) in [5.74, 6) is 2.22. The second kappa shape index (κ2) is 7.93. The van der Waals surface area contributed by atoms with Gasteiger partial charge in [-0.3, -0.25) is 4.90 Å². The highest BCUT2D eigenvalue weighted by atomic mass is 35.5. The summed E-state index contributed by atoms with van der Waals surface area (Å²) in [6.07, 6.45) is 11.3. The van der Waals surface area contributed by atoms with Crippen molar-refractivity contribution in [2.75, 3.05) is 32.8 Å². The van der Waals surface area contributed by atoms with Gasteiger partial charge < -0.3 is 14.4 Å². The van der Waals surface area contributed by atoms with Crippen LogP contribution >= 0.6 is 11.6 Å². The second-order valence-corrected chi connectivity index (χ2v) is 7.93. The van der Waals surface area contributed by atoms with Crippen molar-refractivity contribution in [1.29, 1.82) is 0 Å². The zero-order chi connectivity index (χ0) is 17.9. The summed E-state index contributed by atoms with van der Waals surface area (Å²) in [5.41, 5.74) is 0. The highest BCUT2D eigenvalue weighted by molar-refractivity contribution is 6.32. The fourth-order valence-electron chi connectivity index (χ4n) is 3.99. The number of ether oxygens (including phenoxy) is 2. The minimum atomic E-state index is 0.0501. The molecule has 2 unspecified atom stereocenters. The summed E-state index contributed by atoms with van der Waals surface area (Å²) in [6, 6.07) is 6.16. The Kier molecular flexibility index (Phi) is 5.41. The molecule has 1 aromatic carbocycles. The van der Waals surface area contributed by atoms with E-state index in [1.807, 2.05) is 18.2 Å². The number of likely N-dealkylation sites (tertiary alicyclic amines) is 1. The van der Waals surface area contributed by atoms with Crippen LogP contribution in [-0.4, -0.2) is 54.7 Å². The maximum Gasteiger partial charge on any atom is 0.180 e. The van der Waals surface area contributed by atoms with Crippen molar-refractivity contribution in [1.82, 2.24) is 9.80 Å². The van der Waals surface area contributed by atoms with E-state index >= 15 is 0 Å². The third-order valence-corrected chi connectivity index (χ3v) is 5.88. The molecule has 0 N–H and O–H groups in total. The van der Waals surface area contributed by atoms with Gasteiger partial charge in [0.1, 0.15) is 12.7 Å². The van der Waals surface area contributed by atoms with Gasteiger partial charge in [0.2, 0.25) is 0 Å². The summed E-state index contributed by atoms with van der Waals surface area (Å²) < 4.78 is 11.9. The number of hydrogen-bond donors (Lipinski definition) is 0. The Balaban J connectivity index is 1.25. The number of nitrogens with zero attached hydrogens (tertiary/aromatic N) is 2. The number of allylic oxidation sites excluding steroid dienone is 2. The molecule has 0 aliphatic carbocycles. The van der Waals surface area contributed by atoms with Gasteiger partial charge in [-0.1, -0.05) is 29.8 Å². The van der Waals surface area contributed by atoms with Gasteiger partial charge in [0.25, 0.3) is 0 Å². The molecule has 4 rings (SSSR count). The van der Waals surface area contributed by atoms with Gasteiger partial charge >= 0.3 is 0 Å². The van der Waals surface area contributed by atoms with E-state index in [0.29, 0.717) is 23.4 Å². The Morgan fingerprint density at radius 1 is 1.15 bits per heavy atom. The number of halogens is 1. The molecule has 3 heterocycles. The van der Waals surface area contributed by atoms with Crippen molar-refractivity contribution < 1.29 is 9.47 Å². The molecule has 0 aromatic heterocycles. The molecule has 0 bridgehead atoms. The molecule has 1 saturated heterocycles. The van der Waals surface area contributed by atoms with Crippen LogP contribution in [0.5, 0.6) is 11.5 Å². The normalized spacial score (nSPS) is 26.3. The van der Waals surface area contributed by atoms with Gasteiger partial charge in [-0.2, -0.15) is 0 Å². The van der Waals surface area contributed by atoms with Crippen LogP contribution in [0, 0.1) is 5.92 Å². The SMILES string of the molecule is CC1C=CC=CN1CC1CCN(CC2COc3cccc(Cl)c3O2)CC1. The summed E-state index contributed by atoms with van der Waals surface area (Å²) in [4.78, 5) is 4.96. The lowest BCUT2D eigenvalue weighted by molar-refractivity contribution is 0.0456. The van der Waals surface area contributed by atoms with Crippen LogP contribution in [0.25, 0.3) is 0 Å². The van der Waals surface area contributed by atoms with Crippen LogP contribution < -0.4 is 9.47 Å². The molecular weight excluding hydrogens is 348 g/mol. The number of hydrogen-bond acceptors (Lipinski definition) is 4. The van der Waals surface area contributed by atoms with Crippen LogP contribution in [0.15, 0.2) is 42.6 Å². The predicted octanol–water partition coefficient (Wildman–Crippen LogP) is 3.97. The molecule has 0 amide bonds. The summed E-state index contributed by atoms with van der Waals surface area (Å²) >= 11 is 6.24. The Labute approximate surface area is 161 Å². The van der Waals surface area contributed by atoms with E-state index in [1.54, 1.807) is 0 Å². The number of para-hydroxylation sites is 1. The third-order valence-electron chi connectivity index (χ3n) is 5.58. The predicted molar refractivity (Wildman–Crippen MR) is 105 cm³/mol. The smallest absolute Gasteiger partial charge is 0.180 e. The van der Waals surface area contributed by atoms with Crippen molar-refractivity contribution in [3.63, 3.8) is 0 Å². The fraction of sp³-hybridized carbons (Fsp3) is 0.524. The Hall–Kier alpha value is -1.65. The lowest BCUT2D eigenvalue weighted by Crippen LogP contribution is -2.45. The van der Waals surface area contributed by atoms with E-state index in [4.69, 9.17) is 21.1 Å². The lowest BCUT2D eigenvalue weighted by Gasteiger charge is -2.38. The van der Waals surface area contributed by atoms with Gasteiger partial charge in [-0.05, 0) is 63.2 Å². The minimum Gasteiger partial charge on any atom is -0.486 e. The number of fused-ring (bicyclic) bond motifs is 1. The molecule has 4 nitrogen and oxygen atoms in total. The van der Waals surface area contributed by atoms with Crippen LogP contribution in [0.2, 0.25) is 5.02 Å². The van der Waals surface area contributed by atoms with E-state index < -0.39 is 0 Å². The van der Waals surface area contributed by atoms with Gasteiger partial charge in [0.05, 0.1) is 5.02 Å². The van der Waals surface area contributed by atoms with E-state index in [9.17, 15) is 0 Å². The van der Waals surface area contributed by atoms with E-state index in [-0.39, 0.29) is 6.10 Å². The first-order valence-corrected chi connectivity index (χ1v) is 9.98. The summed E-state index contributed by atoms with van der Waals surface area (Å²) in [7, 11) is 0. The molecular formula is C21H27ClN2O2. The first kappa shape index (κ1) is 17.7. The molecule has 3 aliphatic heterocycles. The Bertz CT molecular complexity index is 683. The monoisotopic (exact) mass is 374 g/mol. The zero-order valence-electron chi connectivity index (χ0n) is 15.3. The van der Waals surface area contributed by atoms with Gasteiger partial charge in [0, 0.05) is 19.1 Å². The topological polar surface area (TPSA) is 24.9 Å². The molecule has 0 spiro atoms. The Morgan fingerprint density at radius 2 is 2.00 bits per heavy atom. The molecule has 2 atom stereocenters. The molecule has 3 aliphatic rings. The maximum atomic E-state index is 6.24. The highest BCUT2D eigenvalue weighted by Gasteiger charge is 2.28. The second-order valence-electron chi connectivity index (χ2n) is 7.53. The first-order chi connectivity index (χ1) is 12.7. The molecule has 5 heteroatoms. The molecule has 0 radical (unpaired) electrons. The van der Waals surface area contributed by atoms with Crippen molar-refractivity contribution in [2.24, 2.45) is 5.92 Å². The molecule has 1 fully saturated rings. The van der Waals surface area contributed by atoms with Gasteiger partial charge in [-0.15, -0.1) is 0 Å². The van der Waals surface area contributed by atoms with E-state index in [2.05, 4.69) is 41.2 Å². The average Bonchev–Trinajstić information content (AvgIpc) is 2.66. The standard InChI is InChI=1S/C21H27ClN2O2/c1-16-5-2-3-10-24(16)13-17-8-11-23(12-9-17)14-18-15-25-20-7-4-6-19(22)21(20)26-18/h2-7,10,16-18H,8-9,11-15H2,1H3. The van der Waals surface area contributed by atoms with Crippen LogP contribution in [0.3, 0.4) is 0 Å². The van der Waals surface area contributed by atoms with Crippen molar-refractivity contribution in [3.05, 3.63) is 47.6 Å². The van der Waals surface area contributed by atoms with E-state index in [1.165, 1.54) is 12.8 Å².